The molecule has 2 rings (SSSR count). The molecule has 0 aliphatic carbocycles. The lowest BCUT2D eigenvalue weighted by Crippen LogP contribution is -2.30. The van der Waals surface area contributed by atoms with E-state index in [1.807, 2.05) is 0 Å². The number of ether oxygens (including phenoxy) is 3. The Labute approximate surface area is 166 Å². The molecule has 2 atom stereocenters. The number of carbonyl (C=O) groups excluding carboxylic acids is 2. The molecule has 27 heavy (non-hydrogen) atoms. The SMILES string of the molecule is COC(=O)C(OC(=O)C(O)Cc1ccc(OC)cc1)c1ccc(Cl)c(Cl)c1. The summed E-state index contributed by atoms with van der Waals surface area (Å²) in [6, 6.07) is 11.2. The van der Waals surface area contributed by atoms with Crippen molar-refractivity contribution in [3.8, 4) is 5.75 Å². The minimum absolute atomic E-state index is 0.0120. The summed E-state index contributed by atoms with van der Waals surface area (Å²) in [5.41, 5.74) is 0.977. The molecule has 0 radical (unpaired) electrons. The van der Waals surface area contributed by atoms with E-state index >= 15 is 0 Å². The van der Waals surface area contributed by atoms with Crippen molar-refractivity contribution in [2.75, 3.05) is 14.2 Å². The molecule has 0 aromatic heterocycles. The third kappa shape index (κ3) is 5.60. The molecule has 8 heteroatoms. The van der Waals surface area contributed by atoms with Gasteiger partial charge in [-0.05, 0) is 29.8 Å². The molecule has 0 aliphatic heterocycles. The maximum atomic E-state index is 12.3. The van der Waals surface area contributed by atoms with Gasteiger partial charge in [0.25, 0.3) is 0 Å². The first-order valence-electron chi connectivity index (χ1n) is 7.90. The minimum Gasteiger partial charge on any atom is -0.497 e. The maximum Gasteiger partial charge on any atom is 0.351 e. The van der Waals surface area contributed by atoms with Gasteiger partial charge in [0.2, 0.25) is 6.10 Å². The van der Waals surface area contributed by atoms with Crippen LogP contribution in [0.1, 0.15) is 17.2 Å². The van der Waals surface area contributed by atoms with Gasteiger partial charge in [-0.2, -0.15) is 0 Å². The van der Waals surface area contributed by atoms with Crippen LogP contribution < -0.4 is 4.74 Å². The van der Waals surface area contributed by atoms with Crippen LogP contribution in [0.15, 0.2) is 42.5 Å². The molecule has 2 unspecified atom stereocenters. The Hall–Kier alpha value is -2.28. The predicted octanol–water partition coefficient (Wildman–Crippen LogP) is 3.36. The summed E-state index contributed by atoms with van der Waals surface area (Å²) in [6.07, 6.45) is -2.82. The van der Waals surface area contributed by atoms with E-state index in [4.69, 9.17) is 32.7 Å². The average molecular weight is 413 g/mol. The lowest BCUT2D eigenvalue weighted by Gasteiger charge is -2.18. The molecule has 0 amide bonds. The van der Waals surface area contributed by atoms with Crippen LogP contribution in [-0.2, 0) is 25.5 Å². The predicted molar refractivity (Wildman–Crippen MR) is 100 cm³/mol. The van der Waals surface area contributed by atoms with Crippen LogP contribution in [0.5, 0.6) is 5.75 Å². The summed E-state index contributed by atoms with van der Waals surface area (Å²) in [6.45, 7) is 0. The molecule has 6 nitrogen and oxygen atoms in total. The quantitative estimate of drug-likeness (QED) is 0.702. The first-order chi connectivity index (χ1) is 12.8. The zero-order valence-corrected chi connectivity index (χ0v) is 16.2. The van der Waals surface area contributed by atoms with Crippen LogP contribution in [0.4, 0.5) is 0 Å². The number of aliphatic hydroxyl groups is 1. The van der Waals surface area contributed by atoms with E-state index in [1.165, 1.54) is 25.3 Å². The monoisotopic (exact) mass is 412 g/mol. The number of benzene rings is 2. The van der Waals surface area contributed by atoms with Crippen LogP contribution in [-0.4, -0.2) is 37.4 Å². The second kappa shape index (κ2) is 9.60. The number of hydrogen-bond acceptors (Lipinski definition) is 6. The van der Waals surface area contributed by atoms with Crippen molar-refractivity contribution in [3.63, 3.8) is 0 Å². The summed E-state index contributed by atoms with van der Waals surface area (Å²) >= 11 is 11.8. The van der Waals surface area contributed by atoms with Gasteiger partial charge >= 0.3 is 11.9 Å². The Balaban J connectivity index is 2.11. The van der Waals surface area contributed by atoms with Crippen molar-refractivity contribution in [3.05, 3.63) is 63.6 Å². The largest absolute Gasteiger partial charge is 0.497 e. The second-order valence-electron chi connectivity index (χ2n) is 5.58. The molecule has 1 N–H and O–H groups in total. The highest BCUT2D eigenvalue weighted by Crippen LogP contribution is 2.28. The lowest BCUT2D eigenvalue weighted by molar-refractivity contribution is -0.172. The van der Waals surface area contributed by atoms with Gasteiger partial charge in [-0.1, -0.05) is 41.4 Å². The minimum atomic E-state index is -1.46. The summed E-state index contributed by atoms with van der Waals surface area (Å²) in [5.74, 6) is -1.12. The van der Waals surface area contributed by atoms with Gasteiger partial charge in [0.05, 0.1) is 24.3 Å². The molecule has 2 aromatic carbocycles. The van der Waals surface area contributed by atoms with Crippen LogP contribution in [0, 0.1) is 0 Å². The summed E-state index contributed by atoms with van der Waals surface area (Å²) in [5, 5.41) is 10.6. The van der Waals surface area contributed by atoms with Crippen molar-refractivity contribution in [2.24, 2.45) is 0 Å². The van der Waals surface area contributed by atoms with E-state index in [-0.39, 0.29) is 22.0 Å². The summed E-state index contributed by atoms with van der Waals surface area (Å²) in [7, 11) is 2.70. The molecular weight excluding hydrogens is 395 g/mol. The zero-order valence-electron chi connectivity index (χ0n) is 14.6. The topological polar surface area (TPSA) is 82.1 Å². The third-order valence-corrected chi connectivity index (χ3v) is 4.49. The van der Waals surface area contributed by atoms with Crippen molar-refractivity contribution in [1.82, 2.24) is 0 Å². The van der Waals surface area contributed by atoms with Crippen LogP contribution in [0.2, 0.25) is 10.0 Å². The molecule has 2 aromatic rings. The Morgan fingerprint density at radius 3 is 2.22 bits per heavy atom. The number of carbonyl (C=O) groups is 2. The molecule has 0 heterocycles. The van der Waals surface area contributed by atoms with Gasteiger partial charge in [0.15, 0.2) is 6.10 Å². The van der Waals surface area contributed by atoms with Gasteiger partial charge in [-0.15, -0.1) is 0 Å². The standard InChI is InChI=1S/C19H18Cl2O6/c1-25-13-6-3-11(4-7-13)9-16(22)18(23)27-17(19(24)26-2)12-5-8-14(20)15(21)10-12/h3-8,10,16-17,22H,9H2,1-2H3. The highest BCUT2D eigenvalue weighted by Gasteiger charge is 2.29. The van der Waals surface area contributed by atoms with Gasteiger partial charge in [0.1, 0.15) is 5.75 Å². The normalized spacial score (nSPS) is 12.8. The van der Waals surface area contributed by atoms with Crippen LogP contribution >= 0.6 is 23.2 Å². The van der Waals surface area contributed by atoms with E-state index in [0.29, 0.717) is 11.3 Å². The Bertz CT molecular complexity index is 806. The summed E-state index contributed by atoms with van der Waals surface area (Å²) in [4.78, 5) is 24.3. The Kier molecular flexibility index (Phi) is 7.47. The van der Waals surface area contributed by atoms with E-state index < -0.39 is 24.1 Å². The number of hydrogen-bond donors (Lipinski definition) is 1. The van der Waals surface area contributed by atoms with Gasteiger partial charge in [0, 0.05) is 12.0 Å². The van der Waals surface area contributed by atoms with Crippen molar-refractivity contribution in [1.29, 1.82) is 0 Å². The number of halogens is 2. The second-order valence-corrected chi connectivity index (χ2v) is 6.40. The molecule has 0 saturated carbocycles. The average Bonchev–Trinajstić information content (AvgIpc) is 2.68. The molecule has 144 valence electrons. The van der Waals surface area contributed by atoms with Gasteiger partial charge in [-0.3, -0.25) is 0 Å². The van der Waals surface area contributed by atoms with Crippen LogP contribution in [0.3, 0.4) is 0 Å². The lowest BCUT2D eigenvalue weighted by atomic mass is 10.1. The highest BCUT2D eigenvalue weighted by atomic mass is 35.5. The van der Waals surface area contributed by atoms with Crippen molar-refractivity contribution >= 4 is 35.1 Å². The molecule has 0 fully saturated rings. The molecule has 0 aliphatic rings. The van der Waals surface area contributed by atoms with E-state index in [0.717, 1.165) is 7.11 Å². The molecule has 0 saturated heterocycles. The number of methoxy groups -OCH3 is 2. The van der Waals surface area contributed by atoms with Crippen LogP contribution in [0.25, 0.3) is 0 Å². The number of aliphatic hydroxyl groups excluding tert-OH is 1. The molecule has 0 bridgehead atoms. The van der Waals surface area contributed by atoms with Gasteiger partial charge < -0.3 is 19.3 Å². The fourth-order valence-electron chi connectivity index (χ4n) is 2.30. The molecular formula is C19H18Cl2O6. The fourth-order valence-corrected chi connectivity index (χ4v) is 2.60. The van der Waals surface area contributed by atoms with E-state index in [9.17, 15) is 14.7 Å². The van der Waals surface area contributed by atoms with E-state index in [1.54, 1.807) is 24.3 Å². The van der Waals surface area contributed by atoms with Gasteiger partial charge in [-0.25, -0.2) is 9.59 Å². The van der Waals surface area contributed by atoms with Crippen molar-refractivity contribution < 1.29 is 28.9 Å². The highest BCUT2D eigenvalue weighted by molar-refractivity contribution is 6.42. The smallest absolute Gasteiger partial charge is 0.351 e. The molecule has 0 spiro atoms. The third-order valence-electron chi connectivity index (χ3n) is 3.76. The van der Waals surface area contributed by atoms with Crippen molar-refractivity contribution in [2.45, 2.75) is 18.6 Å². The first-order valence-corrected chi connectivity index (χ1v) is 8.65. The van der Waals surface area contributed by atoms with E-state index in [2.05, 4.69) is 4.74 Å². The number of rotatable bonds is 7. The Morgan fingerprint density at radius 1 is 1.00 bits per heavy atom. The summed E-state index contributed by atoms with van der Waals surface area (Å²) < 4.78 is 14.9. The fraction of sp³-hybridized carbons (Fsp3) is 0.263. The Morgan fingerprint density at radius 2 is 1.67 bits per heavy atom. The number of esters is 2. The zero-order chi connectivity index (χ0) is 20.0. The first kappa shape index (κ1) is 21.0. The maximum absolute atomic E-state index is 12.3.